The number of amides is 1. The summed E-state index contributed by atoms with van der Waals surface area (Å²) in [6.45, 7) is 8.70. The Morgan fingerprint density at radius 2 is 2.13 bits per heavy atom. The topological polar surface area (TPSA) is 72.4 Å². The van der Waals surface area contributed by atoms with Gasteiger partial charge in [0, 0.05) is 18.8 Å². The van der Waals surface area contributed by atoms with Gasteiger partial charge in [0.1, 0.15) is 10.6 Å². The van der Waals surface area contributed by atoms with Crippen molar-refractivity contribution in [2.75, 3.05) is 18.8 Å². The Morgan fingerprint density at radius 1 is 1.39 bits per heavy atom. The van der Waals surface area contributed by atoms with Gasteiger partial charge >= 0.3 is 6.09 Å². The molecule has 1 amide bonds. The highest BCUT2D eigenvalue weighted by Gasteiger charge is 2.28. The Kier molecular flexibility index (Phi) is 5.73. The Labute approximate surface area is 140 Å². The lowest BCUT2D eigenvalue weighted by Gasteiger charge is -2.33. The molecular formula is C16H25N3O3S. The number of aryl methyl sites for hydroxylation is 1. The molecule has 1 aliphatic rings. The Morgan fingerprint density at radius 3 is 2.74 bits per heavy atom. The highest BCUT2D eigenvalue weighted by molar-refractivity contribution is 7.84. The van der Waals surface area contributed by atoms with Crippen LogP contribution in [0.3, 0.4) is 0 Å². The lowest BCUT2D eigenvalue weighted by atomic mass is 10.0. The average Bonchev–Trinajstić information content (AvgIpc) is 2.46. The van der Waals surface area contributed by atoms with Crippen molar-refractivity contribution in [3.8, 4) is 0 Å². The van der Waals surface area contributed by atoms with E-state index in [1.807, 2.05) is 33.8 Å². The van der Waals surface area contributed by atoms with E-state index >= 15 is 0 Å². The fourth-order valence-electron chi connectivity index (χ4n) is 2.50. The largest absolute Gasteiger partial charge is 0.444 e. The van der Waals surface area contributed by atoms with Crippen LogP contribution >= 0.6 is 0 Å². The maximum Gasteiger partial charge on any atom is 0.410 e. The van der Waals surface area contributed by atoms with E-state index in [4.69, 9.17) is 4.74 Å². The number of ether oxygens (including phenoxy) is 1. The third-order valence-corrected chi connectivity index (χ3v) is 5.02. The summed E-state index contributed by atoms with van der Waals surface area (Å²) in [6.07, 6.45) is 1.58. The molecule has 0 radical (unpaired) electrons. The minimum absolute atomic E-state index is 0.195. The molecule has 7 heteroatoms. The second kappa shape index (κ2) is 7.38. The van der Waals surface area contributed by atoms with E-state index in [1.165, 1.54) is 0 Å². The summed E-state index contributed by atoms with van der Waals surface area (Å²) in [5.41, 5.74) is 0.309. The van der Waals surface area contributed by atoms with Crippen molar-refractivity contribution in [3.63, 3.8) is 0 Å². The zero-order chi connectivity index (χ0) is 17.0. The highest BCUT2D eigenvalue weighted by Crippen LogP contribution is 2.21. The van der Waals surface area contributed by atoms with Crippen molar-refractivity contribution >= 4 is 16.9 Å². The number of likely N-dealkylation sites (tertiary alicyclic amines) is 1. The molecule has 0 unspecified atom stereocenters. The van der Waals surface area contributed by atoms with Gasteiger partial charge in [-0.2, -0.15) is 5.10 Å². The molecule has 1 aromatic rings. The summed E-state index contributed by atoms with van der Waals surface area (Å²) < 4.78 is 17.8. The number of aromatic nitrogens is 2. The van der Waals surface area contributed by atoms with Crippen LogP contribution in [0.25, 0.3) is 0 Å². The van der Waals surface area contributed by atoms with Gasteiger partial charge in [-0.25, -0.2) is 4.79 Å². The van der Waals surface area contributed by atoms with Crippen LogP contribution in [0.5, 0.6) is 0 Å². The fraction of sp³-hybridized carbons (Fsp3) is 0.688. The Balaban J connectivity index is 1.92. The smallest absolute Gasteiger partial charge is 0.410 e. The van der Waals surface area contributed by atoms with Gasteiger partial charge in [-0.3, -0.25) is 4.21 Å². The molecule has 0 N–H and O–H groups in total. The first-order valence-corrected chi connectivity index (χ1v) is 9.23. The van der Waals surface area contributed by atoms with Crippen molar-refractivity contribution in [2.24, 2.45) is 5.92 Å². The Hall–Kier alpha value is -1.50. The zero-order valence-electron chi connectivity index (χ0n) is 14.2. The maximum absolute atomic E-state index is 12.4. The molecule has 0 saturated carbocycles. The monoisotopic (exact) mass is 339 g/mol. The molecule has 2 rings (SSSR count). The number of nitrogens with zero attached hydrogens (tertiary/aromatic N) is 3. The molecule has 1 aliphatic heterocycles. The van der Waals surface area contributed by atoms with E-state index < -0.39 is 16.4 Å². The molecule has 1 saturated heterocycles. The Bertz CT molecular complexity index is 569. The summed E-state index contributed by atoms with van der Waals surface area (Å²) in [4.78, 5) is 13.9. The van der Waals surface area contributed by atoms with E-state index in [1.54, 1.807) is 11.0 Å². The molecule has 23 heavy (non-hydrogen) atoms. The predicted molar refractivity (Wildman–Crippen MR) is 88.6 cm³/mol. The number of piperidine rings is 1. The van der Waals surface area contributed by atoms with Gasteiger partial charge in [-0.1, -0.05) is 0 Å². The van der Waals surface area contributed by atoms with Gasteiger partial charge in [0.05, 0.1) is 16.5 Å². The fourth-order valence-corrected chi connectivity index (χ4v) is 3.72. The number of rotatable bonds is 3. The average molecular weight is 339 g/mol. The summed E-state index contributed by atoms with van der Waals surface area (Å²) in [7, 11) is -1.19. The van der Waals surface area contributed by atoms with Crippen molar-refractivity contribution in [1.29, 1.82) is 0 Å². The molecule has 0 aliphatic carbocycles. The van der Waals surface area contributed by atoms with E-state index in [2.05, 4.69) is 10.2 Å². The van der Waals surface area contributed by atoms with E-state index in [0.717, 1.165) is 18.5 Å². The minimum Gasteiger partial charge on any atom is -0.444 e. The van der Waals surface area contributed by atoms with E-state index in [-0.39, 0.29) is 12.0 Å². The third kappa shape index (κ3) is 5.57. The highest BCUT2D eigenvalue weighted by atomic mass is 32.2. The van der Waals surface area contributed by atoms with Crippen LogP contribution in [-0.2, 0) is 15.5 Å². The molecule has 2 atom stereocenters. The molecule has 0 aromatic carbocycles. The molecule has 0 spiro atoms. The lowest BCUT2D eigenvalue weighted by Crippen LogP contribution is -2.44. The van der Waals surface area contributed by atoms with Gasteiger partial charge in [0.2, 0.25) is 0 Å². The number of carbonyl (C=O) groups is 1. The first-order valence-electron chi connectivity index (χ1n) is 7.91. The van der Waals surface area contributed by atoms with E-state index in [0.29, 0.717) is 23.9 Å². The zero-order valence-corrected chi connectivity index (χ0v) is 15.1. The molecule has 1 aromatic heterocycles. The summed E-state index contributed by atoms with van der Waals surface area (Å²) in [5.74, 6) is 0.692. The first-order chi connectivity index (χ1) is 10.7. The maximum atomic E-state index is 12.4. The van der Waals surface area contributed by atoms with Gasteiger partial charge in [0.25, 0.3) is 0 Å². The first kappa shape index (κ1) is 17.8. The SMILES string of the molecule is Cc1ccc([S@](=O)C[C@H]2CCCN(C(=O)OC(C)(C)C)C2)nn1. The number of hydrogen-bond acceptors (Lipinski definition) is 5. The van der Waals surface area contributed by atoms with Crippen LogP contribution in [0.4, 0.5) is 4.79 Å². The molecule has 6 nitrogen and oxygen atoms in total. The van der Waals surface area contributed by atoms with Crippen LogP contribution in [0.2, 0.25) is 0 Å². The molecule has 2 heterocycles. The number of carbonyl (C=O) groups excluding carboxylic acids is 1. The second-order valence-electron chi connectivity index (χ2n) is 6.96. The summed E-state index contributed by atoms with van der Waals surface area (Å²) in [5, 5.41) is 8.44. The van der Waals surface area contributed by atoms with Crippen molar-refractivity contribution in [1.82, 2.24) is 15.1 Å². The van der Waals surface area contributed by atoms with Crippen LogP contribution in [0.1, 0.15) is 39.3 Å². The van der Waals surface area contributed by atoms with Gasteiger partial charge < -0.3 is 9.64 Å². The van der Waals surface area contributed by atoms with Crippen molar-refractivity contribution < 1.29 is 13.7 Å². The van der Waals surface area contributed by atoms with Crippen LogP contribution in [0, 0.1) is 12.8 Å². The quantitative estimate of drug-likeness (QED) is 0.846. The standard InChI is InChI=1S/C16H25N3O3S/c1-12-7-8-14(18-17-12)23(21)11-13-6-5-9-19(10-13)15(20)22-16(2,3)4/h7-8,13H,5-6,9-11H2,1-4H3/t13-,23+/m0/s1. The molecular weight excluding hydrogens is 314 g/mol. The van der Waals surface area contributed by atoms with Gasteiger partial charge in [-0.15, -0.1) is 5.10 Å². The summed E-state index contributed by atoms with van der Waals surface area (Å²) in [6, 6.07) is 3.57. The van der Waals surface area contributed by atoms with Gasteiger partial charge in [0.15, 0.2) is 0 Å². The van der Waals surface area contributed by atoms with Crippen LogP contribution in [0.15, 0.2) is 17.2 Å². The minimum atomic E-state index is -1.19. The van der Waals surface area contributed by atoms with E-state index in [9.17, 15) is 9.00 Å². The molecule has 1 fully saturated rings. The second-order valence-corrected chi connectivity index (χ2v) is 8.40. The third-order valence-electron chi connectivity index (χ3n) is 3.56. The normalized spacial score (nSPS) is 20.2. The number of hydrogen-bond donors (Lipinski definition) is 0. The lowest BCUT2D eigenvalue weighted by molar-refractivity contribution is 0.0176. The molecule has 128 valence electrons. The summed E-state index contributed by atoms with van der Waals surface area (Å²) >= 11 is 0. The van der Waals surface area contributed by atoms with Crippen molar-refractivity contribution in [3.05, 3.63) is 17.8 Å². The van der Waals surface area contributed by atoms with Crippen molar-refractivity contribution in [2.45, 2.75) is 51.2 Å². The molecule has 0 bridgehead atoms. The predicted octanol–water partition coefficient (Wildman–Crippen LogP) is 2.54. The van der Waals surface area contributed by atoms with Crippen LogP contribution < -0.4 is 0 Å². The van der Waals surface area contributed by atoms with Crippen LogP contribution in [-0.4, -0.2) is 49.8 Å². The van der Waals surface area contributed by atoms with Gasteiger partial charge in [-0.05, 0) is 58.6 Å².